The first-order chi connectivity index (χ1) is 12.0. The van der Waals surface area contributed by atoms with Crippen LogP contribution in [0.15, 0.2) is 35.7 Å². The summed E-state index contributed by atoms with van der Waals surface area (Å²) in [7, 11) is 5.29. The number of rotatable bonds is 7. The molecule has 0 aliphatic rings. The van der Waals surface area contributed by atoms with Crippen molar-refractivity contribution in [2.45, 2.75) is 11.6 Å². The van der Waals surface area contributed by atoms with Gasteiger partial charge in [-0.2, -0.15) is 0 Å². The molecule has 0 unspecified atom stereocenters. The third-order valence-corrected chi connectivity index (χ3v) is 4.43. The van der Waals surface area contributed by atoms with E-state index in [4.69, 9.17) is 0 Å². The lowest BCUT2D eigenvalue weighted by Gasteiger charge is -2.14. The SMILES string of the molecule is CN(C)C(=O)Cc1ccccc1NC(=O)NCCSc1nncn1C. The van der Waals surface area contributed by atoms with E-state index in [1.165, 1.54) is 16.7 Å². The van der Waals surface area contributed by atoms with Crippen LogP contribution in [0.5, 0.6) is 0 Å². The fourth-order valence-corrected chi connectivity index (χ4v) is 2.74. The van der Waals surface area contributed by atoms with Gasteiger partial charge in [0.2, 0.25) is 5.91 Å². The topological polar surface area (TPSA) is 92.2 Å². The molecule has 0 atom stereocenters. The fourth-order valence-electron chi connectivity index (χ4n) is 1.99. The molecule has 1 aromatic carbocycles. The second kappa shape index (κ2) is 9.07. The van der Waals surface area contributed by atoms with Crippen LogP contribution in [-0.2, 0) is 18.3 Å². The van der Waals surface area contributed by atoms with Crippen LogP contribution in [0, 0.1) is 0 Å². The minimum Gasteiger partial charge on any atom is -0.349 e. The first-order valence-electron chi connectivity index (χ1n) is 7.77. The molecule has 2 N–H and O–H groups in total. The number of amides is 3. The van der Waals surface area contributed by atoms with Crippen molar-refractivity contribution < 1.29 is 9.59 Å². The maximum atomic E-state index is 12.1. The van der Waals surface area contributed by atoms with E-state index in [1.807, 2.05) is 29.8 Å². The highest BCUT2D eigenvalue weighted by Crippen LogP contribution is 2.16. The third kappa shape index (κ3) is 5.79. The molecule has 0 aliphatic carbocycles. The highest BCUT2D eigenvalue weighted by Gasteiger charge is 2.11. The van der Waals surface area contributed by atoms with E-state index in [0.717, 1.165) is 10.7 Å². The van der Waals surface area contributed by atoms with Crippen molar-refractivity contribution >= 4 is 29.4 Å². The minimum absolute atomic E-state index is 0.0188. The third-order valence-electron chi connectivity index (χ3n) is 3.39. The van der Waals surface area contributed by atoms with Crippen LogP contribution in [0.1, 0.15) is 5.56 Å². The number of anilines is 1. The quantitative estimate of drug-likeness (QED) is 0.573. The van der Waals surface area contributed by atoms with E-state index in [0.29, 0.717) is 18.0 Å². The van der Waals surface area contributed by atoms with Crippen molar-refractivity contribution in [3.8, 4) is 0 Å². The Bertz CT molecular complexity index is 731. The van der Waals surface area contributed by atoms with Gasteiger partial charge < -0.3 is 20.1 Å². The van der Waals surface area contributed by atoms with Crippen LogP contribution in [0.25, 0.3) is 0 Å². The van der Waals surface area contributed by atoms with Gasteiger partial charge in [0.25, 0.3) is 0 Å². The zero-order valence-corrected chi connectivity index (χ0v) is 15.3. The van der Waals surface area contributed by atoms with E-state index >= 15 is 0 Å². The Kier molecular flexibility index (Phi) is 6.81. The summed E-state index contributed by atoms with van der Waals surface area (Å²) < 4.78 is 1.82. The summed E-state index contributed by atoms with van der Waals surface area (Å²) in [4.78, 5) is 25.5. The Morgan fingerprint density at radius 2 is 2.04 bits per heavy atom. The van der Waals surface area contributed by atoms with E-state index in [-0.39, 0.29) is 18.4 Å². The zero-order chi connectivity index (χ0) is 18.2. The Morgan fingerprint density at radius 3 is 2.72 bits per heavy atom. The lowest BCUT2D eigenvalue weighted by atomic mass is 10.1. The lowest BCUT2D eigenvalue weighted by molar-refractivity contribution is -0.127. The number of hydrogen-bond acceptors (Lipinski definition) is 5. The van der Waals surface area contributed by atoms with Crippen molar-refractivity contribution in [1.82, 2.24) is 25.0 Å². The predicted octanol–water partition coefficient (Wildman–Crippen LogP) is 1.36. The number of benzene rings is 1. The molecular formula is C16H22N6O2S. The van der Waals surface area contributed by atoms with Gasteiger partial charge in [-0.3, -0.25) is 4.79 Å². The highest BCUT2D eigenvalue weighted by atomic mass is 32.2. The molecule has 0 radical (unpaired) electrons. The summed E-state index contributed by atoms with van der Waals surface area (Å²) in [5.74, 6) is 0.663. The summed E-state index contributed by atoms with van der Waals surface area (Å²) in [6.07, 6.45) is 1.87. The molecule has 0 spiro atoms. The van der Waals surface area contributed by atoms with Crippen LogP contribution >= 0.6 is 11.8 Å². The van der Waals surface area contributed by atoms with E-state index in [9.17, 15) is 9.59 Å². The number of aromatic nitrogens is 3. The molecule has 25 heavy (non-hydrogen) atoms. The largest absolute Gasteiger partial charge is 0.349 e. The van der Waals surface area contributed by atoms with E-state index < -0.39 is 0 Å². The summed E-state index contributed by atoms with van der Waals surface area (Å²) in [6, 6.07) is 6.98. The highest BCUT2D eigenvalue weighted by molar-refractivity contribution is 7.99. The van der Waals surface area contributed by atoms with Crippen molar-refractivity contribution in [3.05, 3.63) is 36.2 Å². The summed E-state index contributed by atoms with van der Waals surface area (Å²) in [5, 5.41) is 14.2. The Morgan fingerprint density at radius 1 is 1.28 bits per heavy atom. The van der Waals surface area contributed by atoms with Gasteiger partial charge in [-0.25, -0.2) is 4.79 Å². The van der Waals surface area contributed by atoms with E-state index in [2.05, 4.69) is 20.8 Å². The van der Waals surface area contributed by atoms with Gasteiger partial charge >= 0.3 is 6.03 Å². The number of likely N-dealkylation sites (N-methyl/N-ethyl adjacent to an activating group) is 1. The molecular weight excluding hydrogens is 340 g/mol. The van der Waals surface area contributed by atoms with Crippen molar-refractivity contribution in [2.75, 3.05) is 31.7 Å². The average Bonchev–Trinajstić information content (AvgIpc) is 2.98. The number of carbonyl (C=O) groups excluding carboxylic acids is 2. The van der Waals surface area contributed by atoms with Crippen molar-refractivity contribution in [3.63, 3.8) is 0 Å². The molecule has 0 fully saturated rings. The standard InChI is InChI=1S/C16H22N6O2S/c1-21(2)14(23)10-12-6-4-5-7-13(12)19-15(24)17-8-9-25-16-20-18-11-22(16)3/h4-7,11H,8-10H2,1-3H3,(H2,17,19,24). The minimum atomic E-state index is -0.302. The zero-order valence-electron chi connectivity index (χ0n) is 14.5. The van der Waals surface area contributed by atoms with Crippen LogP contribution in [0.3, 0.4) is 0 Å². The maximum absolute atomic E-state index is 12.1. The van der Waals surface area contributed by atoms with Gasteiger partial charge in [-0.15, -0.1) is 10.2 Å². The van der Waals surface area contributed by atoms with Crippen LogP contribution < -0.4 is 10.6 Å². The summed E-state index contributed by atoms with van der Waals surface area (Å²) >= 11 is 1.51. The molecule has 2 aromatic rings. The van der Waals surface area contributed by atoms with Crippen LogP contribution in [-0.4, -0.2) is 58.0 Å². The Hall–Kier alpha value is -2.55. The molecule has 3 amide bonds. The predicted molar refractivity (Wildman–Crippen MR) is 97.6 cm³/mol. The second-order valence-corrected chi connectivity index (χ2v) is 6.64. The number of para-hydroxylation sites is 1. The van der Waals surface area contributed by atoms with Gasteiger partial charge in [0.15, 0.2) is 5.16 Å². The Labute approximate surface area is 151 Å². The number of urea groups is 1. The number of hydrogen-bond donors (Lipinski definition) is 2. The molecule has 0 bridgehead atoms. The number of carbonyl (C=O) groups is 2. The van der Waals surface area contributed by atoms with E-state index in [1.54, 1.807) is 26.5 Å². The number of nitrogens with zero attached hydrogens (tertiary/aromatic N) is 4. The van der Waals surface area contributed by atoms with Crippen LogP contribution in [0.2, 0.25) is 0 Å². The van der Waals surface area contributed by atoms with Gasteiger partial charge in [0, 0.05) is 39.1 Å². The second-order valence-electron chi connectivity index (χ2n) is 5.58. The smallest absolute Gasteiger partial charge is 0.319 e. The lowest BCUT2D eigenvalue weighted by Crippen LogP contribution is -2.31. The molecule has 9 heteroatoms. The Balaban J connectivity index is 1.82. The normalized spacial score (nSPS) is 10.4. The average molecular weight is 362 g/mol. The number of aryl methyl sites for hydroxylation is 1. The first kappa shape index (κ1) is 18.8. The molecule has 8 nitrogen and oxygen atoms in total. The van der Waals surface area contributed by atoms with Crippen molar-refractivity contribution in [1.29, 1.82) is 0 Å². The molecule has 0 saturated heterocycles. The molecule has 0 aliphatic heterocycles. The van der Waals surface area contributed by atoms with Crippen molar-refractivity contribution in [2.24, 2.45) is 7.05 Å². The fraction of sp³-hybridized carbons (Fsp3) is 0.375. The summed E-state index contributed by atoms with van der Waals surface area (Å²) in [6.45, 7) is 0.488. The molecule has 1 aromatic heterocycles. The number of nitrogens with one attached hydrogen (secondary N) is 2. The van der Waals surface area contributed by atoms with Gasteiger partial charge in [-0.05, 0) is 11.6 Å². The number of thioether (sulfide) groups is 1. The first-order valence-corrected chi connectivity index (χ1v) is 8.75. The maximum Gasteiger partial charge on any atom is 0.319 e. The molecule has 2 rings (SSSR count). The van der Waals surface area contributed by atoms with Gasteiger partial charge in [0.1, 0.15) is 6.33 Å². The van der Waals surface area contributed by atoms with Gasteiger partial charge in [-0.1, -0.05) is 30.0 Å². The van der Waals surface area contributed by atoms with Crippen LogP contribution in [0.4, 0.5) is 10.5 Å². The summed E-state index contributed by atoms with van der Waals surface area (Å²) in [5.41, 5.74) is 1.42. The molecule has 0 saturated carbocycles. The molecule has 134 valence electrons. The molecule has 1 heterocycles. The monoisotopic (exact) mass is 362 g/mol. The van der Waals surface area contributed by atoms with Gasteiger partial charge in [0.05, 0.1) is 6.42 Å².